The summed E-state index contributed by atoms with van der Waals surface area (Å²) in [5.74, 6) is -0.598. The molecule has 7 heteroatoms. The molecule has 1 atom stereocenters. The summed E-state index contributed by atoms with van der Waals surface area (Å²) in [6.07, 6.45) is 0.994. The Labute approximate surface area is 109 Å². The van der Waals surface area contributed by atoms with E-state index < -0.39 is 5.91 Å². The number of hydrogen-bond acceptors (Lipinski definition) is 6. The van der Waals surface area contributed by atoms with Crippen LogP contribution in [0.2, 0.25) is 0 Å². The van der Waals surface area contributed by atoms with Crippen molar-refractivity contribution in [1.29, 1.82) is 5.26 Å². The predicted molar refractivity (Wildman–Crippen MR) is 71.5 cm³/mol. The third-order valence-electron chi connectivity index (χ3n) is 3.02. The van der Waals surface area contributed by atoms with Crippen molar-refractivity contribution in [2.75, 3.05) is 31.2 Å². The van der Waals surface area contributed by atoms with Crippen molar-refractivity contribution < 1.29 is 4.79 Å². The minimum Gasteiger partial charge on any atom is -0.396 e. The molecule has 1 aromatic heterocycles. The van der Waals surface area contributed by atoms with Gasteiger partial charge in [0.05, 0.1) is 11.3 Å². The molecular formula is C11H15N5OS. The Morgan fingerprint density at radius 1 is 1.67 bits per heavy atom. The highest BCUT2D eigenvalue weighted by atomic mass is 32.1. The van der Waals surface area contributed by atoms with E-state index in [-0.39, 0.29) is 17.3 Å². The van der Waals surface area contributed by atoms with Crippen LogP contribution in [0, 0.1) is 11.3 Å². The second-order valence-corrected chi connectivity index (χ2v) is 5.44. The molecule has 18 heavy (non-hydrogen) atoms. The zero-order valence-electron chi connectivity index (χ0n) is 10.1. The van der Waals surface area contributed by atoms with Gasteiger partial charge in [-0.2, -0.15) is 5.26 Å². The van der Waals surface area contributed by atoms with Gasteiger partial charge in [0, 0.05) is 12.6 Å². The maximum Gasteiger partial charge on any atom is 0.253 e. The number of likely N-dealkylation sites (N-methyl/N-ethyl adjacent to an activating group) is 1. The smallest absolute Gasteiger partial charge is 0.253 e. The number of hydrogen-bond donors (Lipinski definition) is 3. The first kappa shape index (κ1) is 12.7. The zero-order valence-corrected chi connectivity index (χ0v) is 10.9. The summed E-state index contributed by atoms with van der Waals surface area (Å²) in [6, 6.07) is 2.24. The van der Waals surface area contributed by atoms with E-state index in [0.717, 1.165) is 19.5 Å². The van der Waals surface area contributed by atoms with Gasteiger partial charge in [-0.1, -0.05) is 0 Å². The van der Waals surface area contributed by atoms with E-state index in [9.17, 15) is 4.79 Å². The lowest BCUT2D eigenvalue weighted by Crippen LogP contribution is -2.24. The number of primary amides is 1. The Balaban J connectivity index is 2.27. The van der Waals surface area contributed by atoms with Crippen LogP contribution in [0.15, 0.2) is 0 Å². The van der Waals surface area contributed by atoms with Crippen LogP contribution in [0.1, 0.15) is 21.7 Å². The second-order valence-electron chi connectivity index (χ2n) is 4.42. The molecule has 2 rings (SSSR count). The Hall–Kier alpha value is -1.78. The van der Waals surface area contributed by atoms with Crippen molar-refractivity contribution >= 4 is 27.9 Å². The van der Waals surface area contributed by atoms with Crippen LogP contribution in [-0.4, -0.2) is 37.0 Å². The van der Waals surface area contributed by atoms with Gasteiger partial charge in [-0.3, -0.25) is 4.79 Å². The first-order chi connectivity index (χ1) is 8.52. The number of anilines is 2. The number of carbonyl (C=O) groups is 1. The molecule has 1 unspecified atom stereocenters. The van der Waals surface area contributed by atoms with Crippen LogP contribution in [-0.2, 0) is 0 Å². The maximum absolute atomic E-state index is 11.4. The summed E-state index contributed by atoms with van der Waals surface area (Å²) in [5.41, 5.74) is 11.5. The third kappa shape index (κ3) is 2.25. The van der Waals surface area contributed by atoms with Gasteiger partial charge in [0.25, 0.3) is 5.91 Å². The first-order valence-corrected chi connectivity index (χ1v) is 6.41. The fourth-order valence-corrected chi connectivity index (χ4v) is 3.11. The molecule has 0 saturated carbocycles. The maximum atomic E-state index is 11.4. The predicted octanol–water partition coefficient (Wildman–Crippen LogP) is 0.417. The van der Waals surface area contributed by atoms with E-state index in [1.54, 1.807) is 0 Å². The zero-order chi connectivity index (χ0) is 13.3. The highest BCUT2D eigenvalue weighted by molar-refractivity contribution is 7.17. The highest BCUT2D eigenvalue weighted by Crippen LogP contribution is 2.35. The SMILES string of the molecule is CN1CCC(Nc2sc(C#N)c(N)c2C(N)=O)C1. The molecule has 1 aromatic rings. The fraction of sp³-hybridized carbons (Fsp3) is 0.455. The molecule has 0 aliphatic carbocycles. The Bertz CT molecular complexity index is 518. The monoisotopic (exact) mass is 265 g/mol. The summed E-state index contributed by atoms with van der Waals surface area (Å²) >= 11 is 1.19. The molecule has 1 aliphatic heterocycles. The van der Waals surface area contributed by atoms with Crippen molar-refractivity contribution in [2.24, 2.45) is 5.73 Å². The highest BCUT2D eigenvalue weighted by Gasteiger charge is 2.25. The molecule has 1 aliphatic rings. The third-order valence-corrected chi connectivity index (χ3v) is 4.06. The lowest BCUT2D eigenvalue weighted by atomic mass is 10.2. The van der Waals surface area contributed by atoms with E-state index in [4.69, 9.17) is 16.7 Å². The molecule has 0 aromatic carbocycles. The minimum absolute atomic E-state index is 0.184. The van der Waals surface area contributed by atoms with Crippen LogP contribution < -0.4 is 16.8 Å². The number of thiophene rings is 1. The number of nitrogens with zero attached hydrogens (tertiary/aromatic N) is 2. The molecule has 0 bridgehead atoms. The minimum atomic E-state index is -0.598. The van der Waals surface area contributed by atoms with Crippen molar-refractivity contribution in [3.8, 4) is 6.07 Å². The fourth-order valence-electron chi connectivity index (χ4n) is 2.11. The van der Waals surface area contributed by atoms with Gasteiger partial charge in [-0.25, -0.2) is 0 Å². The van der Waals surface area contributed by atoms with Crippen LogP contribution in [0.25, 0.3) is 0 Å². The quantitative estimate of drug-likeness (QED) is 0.734. The van der Waals surface area contributed by atoms with Crippen LogP contribution >= 0.6 is 11.3 Å². The number of likely N-dealkylation sites (tertiary alicyclic amines) is 1. The van der Waals surface area contributed by atoms with Crippen molar-refractivity contribution in [1.82, 2.24) is 4.90 Å². The summed E-state index contributed by atoms with van der Waals surface area (Å²) in [4.78, 5) is 13.9. The summed E-state index contributed by atoms with van der Waals surface area (Å²) in [6.45, 7) is 1.91. The van der Waals surface area contributed by atoms with Crippen LogP contribution in [0.5, 0.6) is 0 Å². The number of nitrogen functional groups attached to an aromatic ring is 1. The number of rotatable bonds is 3. The van der Waals surface area contributed by atoms with Crippen LogP contribution in [0.4, 0.5) is 10.7 Å². The Kier molecular flexibility index (Phi) is 3.41. The van der Waals surface area contributed by atoms with Gasteiger partial charge in [0.1, 0.15) is 15.9 Å². The molecule has 1 fully saturated rings. The van der Waals surface area contributed by atoms with Gasteiger partial charge >= 0.3 is 0 Å². The van der Waals surface area contributed by atoms with E-state index in [1.807, 2.05) is 13.1 Å². The average Bonchev–Trinajstić information content (AvgIpc) is 2.83. The number of amides is 1. The van der Waals surface area contributed by atoms with Gasteiger partial charge < -0.3 is 21.7 Å². The average molecular weight is 265 g/mol. The Morgan fingerprint density at radius 2 is 2.39 bits per heavy atom. The van der Waals surface area contributed by atoms with Crippen molar-refractivity contribution in [2.45, 2.75) is 12.5 Å². The number of carbonyl (C=O) groups excluding carboxylic acids is 1. The number of nitrogens with two attached hydrogens (primary N) is 2. The lowest BCUT2D eigenvalue weighted by molar-refractivity contribution is 0.100. The molecule has 96 valence electrons. The van der Waals surface area contributed by atoms with Gasteiger partial charge in [-0.05, 0) is 20.0 Å². The molecule has 2 heterocycles. The molecule has 6 nitrogen and oxygen atoms in total. The molecule has 0 spiro atoms. The largest absolute Gasteiger partial charge is 0.396 e. The van der Waals surface area contributed by atoms with Crippen molar-refractivity contribution in [3.63, 3.8) is 0 Å². The molecule has 0 radical (unpaired) electrons. The first-order valence-electron chi connectivity index (χ1n) is 5.60. The lowest BCUT2D eigenvalue weighted by Gasteiger charge is -2.13. The summed E-state index contributed by atoms with van der Waals surface area (Å²) in [5, 5.41) is 12.8. The number of nitriles is 1. The standard InChI is InChI=1S/C11H15N5OS/c1-16-3-2-6(5-16)15-11-8(10(14)17)9(13)7(4-12)18-11/h6,15H,2-3,5,13H2,1H3,(H2,14,17). The summed E-state index contributed by atoms with van der Waals surface area (Å²) in [7, 11) is 2.04. The van der Waals surface area contributed by atoms with Crippen LogP contribution in [0.3, 0.4) is 0 Å². The Morgan fingerprint density at radius 3 is 2.89 bits per heavy atom. The van der Waals surface area contributed by atoms with E-state index in [0.29, 0.717) is 9.88 Å². The topological polar surface area (TPSA) is 108 Å². The summed E-state index contributed by atoms with van der Waals surface area (Å²) < 4.78 is 0. The molecule has 5 N–H and O–H groups in total. The number of nitrogens with one attached hydrogen (secondary N) is 1. The molecule has 1 saturated heterocycles. The van der Waals surface area contributed by atoms with Gasteiger partial charge in [0.2, 0.25) is 0 Å². The van der Waals surface area contributed by atoms with E-state index in [2.05, 4.69) is 10.2 Å². The van der Waals surface area contributed by atoms with Crippen molar-refractivity contribution in [3.05, 3.63) is 10.4 Å². The van der Waals surface area contributed by atoms with Gasteiger partial charge in [-0.15, -0.1) is 11.3 Å². The van der Waals surface area contributed by atoms with Gasteiger partial charge in [0.15, 0.2) is 0 Å². The second kappa shape index (κ2) is 4.84. The molecule has 1 amide bonds. The normalized spacial score (nSPS) is 19.7. The van der Waals surface area contributed by atoms with E-state index >= 15 is 0 Å². The molecular weight excluding hydrogens is 250 g/mol. The van der Waals surface area contributed by atoms with E-state index in [1.165, 1.54) is 11.3 Å².